The number of ether oxygens (including phenoxy) is 2. The van der Waals surface area contributed by atoms with Crippen LogP contribution < -0.4 is 14.4 Å². The Bertz CT molecular complexity index is 647. The van der Waals surface area contributed by atoms with Crippen LogP contribution in [-0.2, 0) is 0 Å². The van der Waals surface area contributed by atoms with E-state index in [4.69, 9.17) is 9.47 Å². The van der Waals surface area contributed by atoms with Crippen molar-refractivity contribution in [3.8, 4) is 17.5 Å². The number of anilines is 1. The van der Waals surface area contributed by atoms with Crippen LogP contribution in [0.4, 0.5) is 5.95 Å². The van der Waals surface area contributed by atoms with Gasteiger partial charge in [0.15, 0.2) is 11.5 Å². The number of nitrogens with zero attached hydrogens (tertiary/aromatic N) is 4. The van der Waals surface area contributed by atoms with Crippen LogP contribution in [0.3, 0.4) is 0 Å². The van der Waals surface area contributed by atoms with E-state index in [9.17, 15) is 0 Å². The van der Waals surface area contributed by atoms with Gasteiger partial charge in [0.1, 0.15) is 5.82 Å². The molecule has 0 bridgehead atoms. The first-order valence-electron chi connectivity index (χ1n) is 6.98. The number of hydrogen-bond donors (Lipinski definition) is 0. The molecule has 1 radical (unpaired) electrons. The lowest BCUT2D eigenvalue weighted by atomic mass is 10.3. The monoisotopic (exact) mass is 365 g/mol. The zero-order valence-corrected chi connectivity index (χ0v) is 14.6. The van der Waals surface area contributed by atoms with Crippen molar-refractivity contribution in [2.24, 2.45) is 0 Å². The minimum Gasteiger partial charge on any atom is -0.493 e. The molecule has 7 heteroatoms. The van der Waals surface area contributed by atoms with Crippen molar-refractivity contribution in [2.45, 2.75) is 20.8 Å². The van der Waals surface area contributed by atoms with Crippen LogP contribution in [0.15, 0.2) is 16.6 Å². The number of benzene rings is 1. The number of methoxy groups -OCH3 is 1. The van der Waals surface area contributed by atoms with Crippen LogP contribution in [0.2, 0.25) is 0 Å². The lowest BCUT2D eigenvalue weighted by Gasteiger charge is -2.19. The highest BCUT2D eigenvalue weighted by Crippen LogP contribution is 2.37. The molecule has 2 aromatic rings. The Morgan fingerprint density at radius 1 is 1.18 bits per heavy atom. The highest BCUT2D eigenvalue weighted by Gasteiger charge is 2.15. The Morgan fingerprint density at radius 3 is 2.55 bits per heavy atom. The second-order valence-corrected chi connectivity index (χ2v) is 5.29. The number of hydrogen-bond acceptors (Lipinski definition) is 6. The molecule has 117 valence electrons. The summed E-state index contributed by atoms with van der Waals surface area (Å²) in [5.74, 6) is 2.27. The maximum Gasteiger partial charge on any atom is 0.327 e. The molecule has 0 spiro atoms. The predicted molar refractivity (Wildman–Crippen MR) is 87.7 cm³/mol. The largest absolute Gasteiger partial charge is 0.493 e. The number of halogens is 1. The Morgan fingerprint density at radius 2 is 1.91 bits per heavy atom. The molecule has 22 heavy (non-hydrogen) atoms. The first-order valence-corrected chi connectivity index (χ1v) is 7.77. The van der Waals surface area contributed by atoms with Crippen molar-refractivity contribution in [1.29, 1.82) is 0 Å². The second kappa shape index (κ2) is 7.40. The molecule has 0 amide bonds. The number of rotatable bonds is 6. The van der Waals surface area contributed by atoms with Crippen molar-refractivity contribution in [1.82, 2.24) is 15.0 Å². The Balaban J connectivity index is 2.38. The third-order valence-corrected chi connectivity index (χ3v) is 3.63. The molecule has 0 aliphatic carbocycles. The highest BCUT2D eigenvalue weighted by atomic mass is 79.9. The van der Waals surface area contributed by atoms with E-state index in [0.717, 1.165) is 13.1 Å². The van der Waals surface area contributed by atoms with E-state index in [2.05, 4.69) is 50.8 Å². The molecule has 1 aromatic heterocycles. The third-order valence-electron chi connectivity index (χ3n) is 3.04. The summed E-state index contributed by atoms with van der Waals surface area (Å²) in [7, 11) is 1.57. The lowest BCUT2D eigenvalue weighted by Crippen LogP contribution is -2.24. The zero-order chi connectivity index (χ0) is 16.1. The molecule has 0 unspecified atom stereocenters. The van der Waals surface area contributed by atoms with Gasteiger partial charge in [-0.1, -0.05) is 0 Å². The van der Waals surface area contributed by atoms with Crippen molar-refractivity contribution in [3.05, 3.63) is 28.5 Å². The molecule has 0 aliphatic rings. The molecule has 0 aliphatic heterocycles. The van der Waals surface area contributed by atoms with Crippen molar-refractivity contribution >= 4 is 21.9 Å². The summed E-state index contributed by atoms with van der Waals surface area (Å²) < 4.78 is 11.8. The van der Waals surface area contributed by atoms with Gasteiger partial charge in [-0.15, -0.1) is 0 Å². The summed E-state index contributed by atoms with van der Waals surface area (Å²) >= 11 is 3.42. The summed E-state index contributed by atoms with van der Waals surface area (Å²) in [6, 6.07) is 6.63. The van der Waals surface area contributed by atoms with Crippen LogP contribution in [-0.4, -0.2) is 35.2 Å². The van der Waals surface area contributed by atoms with E-state index >= 15 is 0 Å². The van der Waals surface area contributed by atoms with Crippen molar-refractivity contribution in [3.63, 3.8) is 0 Å². The van der Waals surface area contributed by atoms with Crippen LogP contribution in [0.5, 0.6) is 17.5 Å². The van der Waals surface area contributed by atoms with Gasteiger partial charge < -0.3 is 14.4 Å². The molecule has 2 rings (SSSR count). The molecule has 6 nitrogen and oxygen atoms in total. The summed E-state index contributed by atoms with van der Waals surface area (Å²) in [4.78, 5) is 15.0. The van der Waals surface area contributed by atoms with Gasteiger partial charge in [0.2, 0.25) is 5.95 Å². The molecule has 1 aromatic carbocycles. The molecule has 0 saturated carbocycles. The zero-order valence-electron chi connectivity index (χ0n) is 13.1. The molecule has 0 atom stereocenters. The van der Waals surface area contributed by atoms with Gasteiger partial charge in [0, 0.05) is 13.1 Å². The molecular weight excluding hydrogens is 348 g/mol. The number of aryl methyl sites for hydroxylation is 1. The van der Waals surface area contributed by atoms with E-state index in [1.165, 1.54) is 0 Å². The smallest absolute Gasteiger partial charge is 0.327 e. The van der Waals surface area contributed by atoms with Crippen LogP contribution in [0.1, 0.15) is 19.7 Å². The van der Waals surface area contributed by atoms with Crippen molar-refractivity contribution in [2.75, 3.05) is 25.1 Å². The van der Waals surface area contributed by atoms with E-state index in [1.807, 2.05) is 11.8 Å². The van der Waals surface area contributed by atoms with E-state index < -0.39 is 0 Å². The topological polar surface area (TPSA) is 60.4 Å². The fourth-order valence-corrected chi connectivity index (χ4v) is 2.33. The van der Waals surface area contributed by atoms with Crippen LogP contribution >= 0.6 is 15.9 Å². The maximum atomic E-state index is 5.81. The molecule has 0 saturated heterocycles. The molecular formula is C15H18BrN4O2. The summed E-state index contributed by atoms with van der Waals surface area (Å²) in [5.41, 5.74) is 0. The van der Waals surface area contributed by atoms with Gasteiger partial charge in [-0.2, -0.15) is 15.0 Å². The van der Waals surface area contributed by atoms with Gasteiger partial charge in [0.05, 0.1) is 11.6 Å². The lowest BCUT2D eigenvalue weighted by molar-refractivity contribution is 0.365. The van der Waals surface area contributed by atoms with Crippen LogP contribution in [0, 0.1) is 13.0 Å². The SMILES string of the molecule is CCN(CC)c1nc(C)nc(Oc2c(Br)c[c]cc2OC)n1. The van der Waals surface area contributed by atoms with E-state index in [1.54, 1.807) is 19.2 Å². The Labute approximate surface area is 138 Å². The Kier molecular flexibility index (Phi) is 5.54. The van der Waals surface area contributed by atoms with Gasteiger partial charge in [-0.25, -0.2) is 0 Å². The van der Waals surface area contributed by atoms with E-state index in [-0.39, 0.29) is 6.01 Å². The third kappa shape index (κ3) is 3.65. The van der Waals surface area contributed by atoms with Gasteiger partial charge in [-0.3, -0.25) is 0 Å². The minimum atomic E-state index is 0.236. The van der Waals surface area contributed by atoms with Gasteiger partial charge in [-0.05, 0) is 54.9 Å². The maximum absolute atomic E-state index is 5.81. The standard InChI is InChI=1S/C15H18BrN4O2/c1-5-20(6-2)14-17-10(3)18-15(19-14)22-13-11(16)8-7-9-12(13)21-4/h8-9H,5-6H2,1-4H3. The molecule has 0 fully saturated rings. The fraction of sp³-hybridized carbons (Fsp3) is 0.400. The fourth-order valence-electron chi connectivity index (χ4n) is 1.92. The quantitative estimate of drug-likeness (QED) is 0.781. The van der Waals surface area contributed by atoms with Crippen LogP contribution in [0.25, 0.3) is 0 Å². The normalized spacial score (nSPS) is 10.4. The van der Waals surface area contributed by atoms with Crippen molar-refractivity contribution < 1.29 is 9.47 Å². The van der Waals surface area contributed by atoms with E-state index in [0.29, 0.717) is 27.7 Å². The van der Waals surface area contributed by atoms with Gasteiger partial charge in [0.25, 0.3) is 0 Å². The number of aromatic nitrogens is 3. The Hall–Kier alpha value is -1.89. The first kappa shape index (κ1) is 16.5. The highest BCUT2D eigenvalue weighted by molar-refractivity contribution is 9.10. The predicted octanol–water partition coefficient (Wildman–Crippen LogP) is 3.39. The summed E-state index contributed by atoms with van der Waals surface area (Å²) in [5, 5.41) is 0. The first-order chi connectivity index (χ1) is 10.6. The average molecular weight is 366 g/mol. The van der Waals surface area contributed by atoms with Gasteiger partial charge >= 0.3 is 6.01 Å². The summed E-state index contributed by atoms with van der Waals surface area (Å²) in [6.07, 6.45) is 0. The summed E-state index contributed by atoms with van der Waals surface area (Å²) in [6.45, 7) is 7.54. The minimum absolute atomic E-state index is 0.236. The second-order valence-electron chi connectivity index (χ2n) is 4.44. The average Bonchev–Trinajstić information content (AvgIpc) is 2.50. The molecule has 0 N–H and O–H groups in total. The molecule has 1 heterocycles.